The lowest BCUT2D eigenvalue weighted by molar-refractivity contribution is -0.146. The number of aryl methyl sites for hydroxylation is 2. The van der Waals surface area contributed by atoms with Crippen LogP contribution in [-0.4, -0.2) is 40.9 Å². The first-order chi connectivity index (χ1) is 12.0. The van der Waals surface area contributed by atoms with Crippen LogP contribution in [0.5, 0.6) is 0 Å². The van der Waals surface area contributed by atoms with Gasteiger partial charge in [-0.05, 0) is 18.9 Å². The molecule has 0 N–H and O–H groups in total. The fourth-order valence-electron chi connectivity index (χ4n) is 3.65. The molecule has 3 heterocycles. The van der Waals surface area contributed by atoms with Crippen molar-refractivity contribution >= 4 is 32.8 Å². The Morgan fingerprint density at radius 3 is 2.76 bits per heavy atom. The summed E-state index contributed by atoms with van der Waals surface area (Å²) in [4.78, 5) is 19.6. The van der Waals surface area contributed by atoms with Gasteiger partial charge in [0.2, 0.25) is 0 Å². The highest BCUT2D eigenvalue weighted by atomic mass is 32.1. The Kier molecular flexibility index (Phi) is 3.76. The third-order valence-electron chi connectivity index (χ3n) is 4.98. The van der Waals surface area contributed by atoms with Crippen LogP contribution in [0.25, 0.3) is 10.3 Å². The molecular formula is C18H20N4O2S. The van der Waals surface area contributed by atoms with Crippen molar-refractivity contribution < 1.29 is 9.53 Å². The Labute approximate surface area is 150 Å². The van der Waals surface area contributed by atoms with E-state index >= 15 is 0 Å². The molecule has 4 rings (SSSR count). The molecule has 0 saturated carbocycles. The summed E-state index contributed by atoms with van der Waals surface area (Å²) >= 11 is 1.64. The summed E-state index contributed by atoms with van der Waals surface area (Å²) in [5.74, 6) is -0.180. The van der Waals surface area contributed by atoms with Gasteiger partial charge >= 0.3 is 5.97 Å². The molecule has 25 heavy (non-hydrogen) atoms. The summed E-state index contributed by atoms with van der Waals surface area (Å²) in [5, 5.41) is 5.35. The monoisotopic (exact) mass is 356 g/mol. The number of ether oxygens (including phenoxy) is 1. The maximum atomic E-state index is 12.7. The standard InChI is InChI=1S/C18H20N4O2S/c1-12-14-15(21(2)20-12)19-17(25-14)22-10-9-18(11-22,16(23)24-3)13-7-5-4-6-8-13/h4-8H,9-11H2,1-3H3/t18-/m1/s1. The Bertz CT molecular complexity index is 899. The fourth-order valence-corrected chi connectivity index (χ4v) is 4.71. The number of aromatic nitrogens is 3. The molecule has 0 spiro atoms. The van der Waals surface area contributed by atoms with Crippen LogP contribution in [0.4, 0.5) is 5.13 Å². The lowest BCUT2D eigenvalue weighted by atomic mass is 9.80. The van der Waals surface area contributed by atoms with Gasteiger partial charge in [0.25, 0.3) is 0 Å². The molecule has 3 aromatic rings. The molecule has 1 aromatic carbocycles. The van der Waals surface area contributed by atoms with Crippen LogP contribution in [0.15, 0.2) is 30.3 Å². The van der Waals surface area contributed by atoms with Gasteiger partial charge in [-0.15, -0.1) is 0 Å². The number of carbonyl (C=O) groups is 1. The lowest BCUT2D eigenvalue weighted by Gasteiger charge is -2.26. The number of thiazole rings is 1. The Morgan fingerprint density at radius 1 is 1.32 bits per heavy atom. The minimum atomic E-state index is -0.638. The highest BCUT2D eigenvalue weighted by molar-refractivity contribution is 7.22. The fraction of sp³-hybridized carbons (Fsp3) is 0.389. The van der Waals surface area contributed by atoms with Crippen molar-refractivity contribution in [2.24, 2.45) is 7.05 Å². The molecule has 1 atom stereocenters. The quantitative estimate of drug-likeness (QED) is 0.675. The minimum Gasteiger partial charge on any atom is -0.468 e. The largest absolute Gasteiger partial charge is 0.468 e. The number of hydrogen-bond acceptors (Lipinski definition) is 6. The van der Waals surface area contributed by atoms with E-state index < -0.39 is 5.41 Å². The van der Waals surface area contributed by atoms with Crippen molar-refractivity contribution in [1.82, 2.24) is 14.8 Å². The number of nitrogens with zero attached hydrogens (tertiary/aromatic N) is 4. The van der Waals surface area contributed by atoms with Crippen molar-refractivity contribution in [3.8, 4) is 0 Å². The van der Waals surface area contributed by atoms with Crippen molar-refractivity contribution in [3.63, 3.8) is 0 Å². The molecule has 2 aromatic heterocycles. The lowest BCUT2D eigenvalue weighted by Crippen LogP contribution is -2.40. The maximum absolute atomic E-state index is 12.7. The SMILES string of the molecule is COC(=O)[C@]1(c2ccccc2)CCN(c2nc3c(s2)c(C)nn3C)C1. The van der Waals surface area contributed by atoms with Crippen molar-refractivity contribution in [2.45, 2.75) is 18.8 Å². The molecule has 0 bridgehead atoms. The molecule has 1 aliphatic heterocycles. The van der Waals surface area contributed by atoms with Crippen LogP contribution in [0, 0.1) is 6.92 Å². The number of hydrogen-bond donors (Lipinski definition) is 0. The smallest absolute Gasteiger partial charge is 0.318 e. The summed E-state index contributed by atoms with van der Waals surface area (Å²) in [7, 11) is 3.37. The number of methoxy groups -OCH3 is 1. The number of rotatable bonds is 3. The molecular weight excluding hydrogens is 336 g/mol. The zero-order valence-corrected chi connectivity index (χ0v) is 15.3. The molecule has 0 unspecified atom stereocenters. The second-order valence-electron chi connectivity index (χ2n) is 6.47. The molecule has 0 radical (unpaired) electrons. The first-order valence-electron chi connectivity index (χ1n) is 8.24. The van der Waals surface area contributed by atoms with Crippen LogP contribution in [0.3, 0.4) is 0 Å². The van der Waals surface area contributed by atoms with Gasteiger partial charge in [-0.1, -0.05) is 41.7 Å². The third-order valence-corrected chi connectivity index (χ3v) is 6.19. The van der Waals surface area contributed by atoms with Gasteiger partial charge in [0, 0.05) is 20.1 Å². The molecule has 7 heteroatoms. The molecule has 6 nitrogen and oxygen atoms in total. The van der Waals surface area contributed by atoms with E-state index in [0.717, 1.165) is 39.7 Å². The van der Waals surface area contributed by atoms with Gasteiger partial charge < -0.3 is 9.64 Å². The van der Waals surface area contributed by atoms with Gasteiger partial charge in [-0.2, -0.15) is 5.10 Å². The Hall–Kier alpha value is -2.41. The molecule has 1 fully saturated rings. The van der Waals surface area contributed by atoms with Crippen LogP contribution < -0.4 is 4.90 Å². The van der Waals surface area contributed by atoms with Gasteiger partial charge in [0.15, 0.2) is 10.8 Å². The van der Waals surface area contributed by atoms with E-state index in [2.05, 4.69) is 10.00 Å². The summed E-state index contributed by atoms with van der Waals surface area (Å²) in [5.41, 5.74) is 2.25. The number of anilines is 1. The molecule has 130 valence electrons. The number of fused-ring (bicyclic) bond motifs is 1. The summed E-state index contributed by atoms with van der Waals surface area (Å²) in [6.07, 6.45) is 0.719. The zero-order valence-electron chi connectivity index (χ0n) is 14.5. The van der Waals surface area contributed by atoms with E-state index in [4.69, 9.17) is 9.72 Å². The van der Waals surface area contributed by atoms with Gasteiger partial charge in [-0.25, -0.2) is 9.67 Å². The van der Waals surface area contributed by atoms with E-state index in [-0.39, 0.29) is 5.97 Å². The van der Waals surface area contributed by atoms with E-state index in [0.29, 0.717) is 6.54 Å². The molecule has 1 saturated heterocycles. The van der Waals surface area contributed by atoms with E-state index in [9.17, 15) is 4.79 Å². The Balaban J connectivity index is 1.72. The minimum absolute atomic E-state index is 0.180. The highest BCUT2D eigenvalue weighted by Crippen LogP contribution is 2.40. The average molecular weight is 356 g/mol. The first kappa shape index (κ1) is 16.1. The van der Waals surface area contributed by atoms with Crippen molar-refractivity contribution in [1.29, 1.82) is 0 Å². The predicted octanol–water partition coefficient (Wildman–Crippen LogP) is 2.66. The topological polar surface area (TPSA) is 60.2 Å². The van der Waals surface area contributed by atoms with Crippen LogP contribution in [0.1, 0.15) is 17.7 Å². The second-order valence-corrected chi connectivity index (χ2v) is 7.45. The van der Waals surface area contributed by atoms with Crippen LogP contribution >= 0.6 is 11.3 Å². The second kappa shape index (κ2) is 5.84. The number of carbonyl (C=O) groups excluding carboxylic acids is 1. The van der Waals surface area contributed by atoms with Gasteiger partial charge in [0.05, 0.1) is 17.5 Å². The van der Waals surface area contributed by atoms with Crippen LogP contribution in [0.2, 0.25) is 0 Å². The van der Waals surface area contributed by atoms with Gasteiger partial charge in [-0.3, -0.25) is 4.79 Å². The predicted molar refractivity (Wildman–Crippen MR) is 98.1 cm³/mol. The van der Waals surface area contributed by atoms with E-state index in [1.165, 1.54) is 7.11 Å². The van der Waals surface area contributed by atoms with Crippen molar-refractivity contribution in [2.75, 3.05) is 25.1 Å². The summed E-state index contributed by atoms with van der Waals surface area (Å²) in [6.45, 7) is 3.35. The summed E-state index contributed by atoms with van der Waals surface area (Å²) < 4.78 is 8.08. The molecule has 0 amide bonds. The maximum Gasteiger partial charge on any atom is 0.318 e. The zero-order chi connectivity index (χ0) is 17.6. The van der Waals surface area contributed by atoms with E-state index in [1.807, 2.05) is 49.0 Å². The summed E-state index contributed by atoms with van der Waals surface area (Å²) in [6, 6.07) is 9.91. The van der Waals surface area contributed by atoms with Crippen molar-refractivity contribution in [3.05, 3.63) is 41.6 Å². The molecule has 0 aliphatic carbocycles. The van der Waals surface area contributed by atoms with Gasteiger partial charge in [0.1, 0.15) is 5.41 Å². The third kappa shape index (κ3) is 2.41. The number of benzene rings is 1. The first-order valence-corrected chi connectivity index (χ1v) is 9.06. The Morgan fingerprint density at radius 2 is 2.08 bits per heavy atom. The normalized spacial score (nSPS) is 20.4. The molecule has 1 aliphatic rings. The van der Waals surface area contributed by atoms with Crippen LogP contribution in [-0.2, 0) is 22.0 Å². The average Bonchev–Trinajstić information content (AvgIpc) is 3.32. The van der Waals surface area contributed by atoms with E-state index in [1.54, 1.807) is 11.3 Å². The highest BCUT2D eigenvalue weighted by Gasteiger charge is 2.47. The number of esters is 1.